The van der Waals surface area contributed by atoms with Gasteiger partial charge >= 0.3 is 0 Å². The molecule has 5 nitrogen and oxygen atoms in total. The average molecular weight is 301 g/mol. The molecule has 1 N–H and O–H groups in total. The number of hydrogen-bond donors (Lipinski definition) is 1. The van der Waals surface area contributed by atoms with Gasteiger partial charge in [0.1, 0.15) is 5.76 Å². The number of carbonyl (C=O) groups is 1. The van der Waals surface area contributed by atoms with Crippen molar-refractivity contribution in [2.45, 2.75) is 6.92 Å². The van der Waals surface area contributed by atoms with Crippen molar-refractivity contribution in [3.05, 3.63) is 39.6 Å². The standard InChI is InChI=1S/C12H10Cl2N2O3/c1-6-3-10(16-19-6)15-12(17)7-4-8(13)11(18-2)9(14)5-7/h3-5H,1-2H3,(H,15,16,17). The van der Waals surface area contributed by atoms with E-state index in [1.165, 1.54) is 19.2 Å². The number of rotatable bonds is 3. The third-order valence-electron chi connectivity index (χ3n) is 2.33. The predicted molar refractivity (Wildman–Crippen MR) is 72.2 cm³/mol. The van der Waals surface area contributed by atoms with Crippen molar-refractivity contribution in [1.29, 1.82) is 0 Å². The quantitative estimate of drug-likeness (QED) is 0.941. The van der Waals surface area contributed by atoms with E-state index in [0.29, 0.717) is 22.9 Å². The van der Waals surface area contributed by atoms with E-state index in [4.69, 9.17) is 32.5 Å². The minimum atomic E-state index is -0.389. The van der Waals surface area contributed by atoms with Crippen LogP contribution in [0.4, 0.5) is 5.82 Å². The lowest BCUT2D eigenvalue weighted by Gasteiger charge is -2.08. The van der Waals surface area contributed by atoms with Crippen LogP contribution in [0.2, 0.25) is 10.0 Å². The summed E-state index contributed by atoms with van der Waals surface area (Å²) in [6.45, 7) is 1.73. The molecule has 0 fully saturated rings. The summed E-state index contributed by atoms with van der Waals surface area (Å²) < 4.78 is 9.86. The van der Waals surface area contributed by atoms with E-state index in [-0.39, 0.29) is 16.0 Å². The van der Waals surface area contributed by atoms with Crippen LogP contribution >= 0.6 is 23.2 Å². The number of nitrogens with zero attached hydrogens (tertiary/aromatic N) is 1. The summed E-state index contributed by atoms with van der Waals surface area (Å²) >= 11 is 11.9. The maximum absolute atomic E-state index is 12.0. The first-order valence-corrected chi connectivity index (χ1v) is 6.04. The second-order valence-corrected chi connectivity index (χ2v) is 4.56. The van der Waals surface area contributed by atoms with Gasteiger partial charge in [-0.2, -0.15) is 0 Å². The number of amides is 1. The Morgan fingerprint density at radius 2 is 1.95 bits per heavy atom. The fourth-order valence-electron chi connectivity index (χ4n) is 1.50. The molecule has 1 aromatic carbocycles. The molecule has 0 radical (unpaired) electrons. The maximum Gasteiger partial charge on any atom is 0.257 e. The summed E-state index contributed by atoms with van der Waals surface area (Å²) in [5.74, 6) is 0.864. The van der Waals surface area contributed by atoms with Crippen LogP contribution in [0.15, 0.2) is 22.7 Å². The SMILES string of the molecule is COc1c(Cl)cc(C(=O)Nc2cc(C)on2)cc1Cl. The van der Waals surface area contributed by atoms with Crippen molar-refractivity contribution in [3.63, 3.8) is 0 Å². The van der Waals surface area contributed by atoms with Gasteiger partial charge in [0.05, 0.1) is 17.2 Å². The van der Waals surface area contributed by atoms with Crippen molar-refractivity contribution in [1.82, 2.24) is 5.16 Å². The van der Waals surface area contributed by atoms with E-state index in [1.54, 1.807) is 13.0 Å². The molecule has 100 valence electrons. The molecule has 19 heavy (non-hydrogen) atoms. The van der Waals surface area contributed by atoms with E-state index in [0.717, 1.165) is 0 Å². The number of methoxy groups -OCH3 is 1. The summed E-state index contributed by atoms with van der Waals surface area (Å²) in [4.78, 5) is 12.0. The first kappa shape index (κ1) is 13.7. The van der Waals surface area contributed by atoms with Crippen LogP contribution in [0, 0.1) is 6.92 Å². The number of benzene rings is 1. The fourth-order valence-corrected chi connectivity index (χ4v) is 2.14. The maximum atomic E-state index is 12.0. The number of halogens is 2. The molecule has 0 saturated carbocycles. The van der Waals surface area contributed by atoms with Crippen molar-refractivity contribution in [2.24, 2.45) is 0 Å². The Labute approximate surface area is 119 Å². The zero-order chi connectivity index (χ0) is 14.0. The summed E-state index contributed by atoms with van der Waals surface area (Å²) in [5.41, 5.74) is 0.302. The van der Waals surface area contributed by atoms with Crippen LogP contribution in [0.1, 0.15) is 16.1 Å². The van der Waals surface area contributed by atoms with Crippen LogP contribution < -0.4 is 10.1 Å². The Morgan fingerprint density at radius 3 is 2.42 bits per heavy atom. The second-order valence-electron chi connectivity index (χ2n) is 3.75. The number of carbonyl (C=O) groups excluding carboxylic acids is 1. The zero-order valence-electron chi connectivity index (χ0n) is 10.2. The molecule has 0 spiro atoms. The molecule has 0 aliphatic heterocycles. The molecular formula is C12H10Cl2N2O3. The van der Waals surface area contributed by atoms with Crippen LogP contribution in [-0.2, 0) is 0 Å². The highest BCUT2D eigenvalue weighted by Gasteiger charge is 2.14. The van der Waals surface area contributed by atoms with Crippen LogP contribution in [0.25, 0.3) is 0 Å². The summed E-state index contributed by atoms with van der Waals surface area (Å²) in [5, 5.41) is 6.75. The number of ether oxygens (including phenoxy) is 1. The number of hydrogen-bond acceptors (Lipinski definition) is 4. The topological polar surface area (TPSA) is 64.4 Å². The summed E-state index contributed by atoms with van der Waals surface area (Å²) in [7, 11) is 1.45. The van der Waals surface area contributed by atoms with Gasteiger partial charge in [-0.3, -0.25) is 4.79 Å². The normalized spacial score (nSPS) is 10.3. The lowest BCUT2D eigenvalue weighted by atomic mass is 10.2. The molecule has 0 atom stereocenters. The molecule has 0 saturated heterocycles. The largest absolute Gasteiger partial charge is 0.494 e. The Hall–Kier alpha value is -1.72. The van der Waals surface area contributed by atoms with Crippen molar-refractivity contribution < 1.29 is 14.1 Å². The number of nitrogens with one attached hydrogen (secondary N) is 1. The van der Waals surface area contributed by atoms with Crippen molar-refractivity contribution >= 4 is 34.9 Å². The van der Waals surface area contributed by atoms with E-state index in [1.807, 2.05) is 0 Å². The predicted octanol–water partition coefficient (Wildman–Crippen LogP) is 3.55. The highest BCUT2D eigenvalue weighted by Crippen LogP contribution is 2.33. The second kappa shape index (κ2) is 5.50. The van der Waals surface area contributed by atoms with Gasteiger partial charge < -0.3 is 14.6 Å². The third-order valence-corrected chi connectivity index (χ3v) is 2.90. The Balaban J connectivity index is 2.24. The van der Waals surface area contributed by atoms with Gasteiger partial charge in [0.25, 0.3) is 5.91 Å². The minimum Gasteiger partial charge on any atom is -0.494 e. The molecule has 0 unspecified atom stereocenters. The van der Waals surface area contributed by atoms with E-state index in [9.17, 15) is 4.79 Å². The molecular weight excluding hydrogens is 291 g/mol. The van der Waals surface area contributed by atoms with Gasteiger partial charge in [-0.1, -0.05) is 28.4 Å². The number of aromatic nitrogens is 1. The zero-order valence-corrected chi connectivity index (χ0v) is 11.7. The first-order valence-electron chi connectivity index (χ1n) is 5.29. The Bertz CT molecular complexity index is 602. The lowest BCUT2D eigenvalue weighted by Crippen LogP contribution is -2.12. The molecule has 2 rings (SSSR count). The fraction of sp³-hybridized carbons (Fsp3) is 0.167. The molecule has 0 aliphatic rings. The molecule has 1 heterocycles. The molecule has 1 amide bonds. The van der Waals surface area contributed by atoms with Crippen LogP contribution in [0.5, 0.6) is 5.75 Å². The van der Waals surface area contributed by atoms with Gasteiger partial charge in [-0.25, -0.2) is 0 Å². The van der Waals surface area contributed by atoms with Gasteiger partial charge in [0, 0.05) is 11.6 Å². The third kappa shape index (κ3) is 3.00. The van der Waals surface area contributed by atoms with E-state index < -0.39 is 0 Å². The van der Waals surface area contributed by atoms with Gasteiger partial charge in [-0.05, 0) is 19.1 Å². The van der Waals surface area contributed by atoms with Crippen molar-refractivity contribution in [3.8, 4) is 5.75 Å². The van der Waals surface area contributed by atoms with E-state index >= 15 is 0 Å². The number of aryl methyl sites for hydroxylation is 1. The minimum absolute atomic E-state index is 0.261. The van der Waals surface area contributed by atoms with Gasteiger partial charge in [0.2, 0.25) is 0 Å². The van der Waals surface area contributed by atoms with Gasteiger partial charge in [-0.15, -0.1) is 0 Å². The molecule has 2 aromatic rings. The van der Waals surface area contributed by atoms with E-state index in [2.05, 4.69) is 10.5 Å². The molecule has 0 aliphatic carbocycles. The van der Waals surface area contributed by atoms with Crippen LogP contribution in [0.3, 0.4) is 0 Å². The molecule has 7 heteroatoms. The number of anilines is 1. The molecule has 0 bridgehead atoms. The summed E-state index contributed by atoms with van der Waals surface area (Å²) in [6.07, 6.45) is 0. The average Bonchev–Trinajstić information content (AvgIpc) is 2.74. The molecule has 1 aromatic heterocycles. The first-order chi connectivity index (χ1) is 9.01. The Kier molecular flexibility index (Phi) is 3.97. The van der Waals surface area contributed by atoms with Gasteiger partial charge in [0.15, 0.2) is 11.6 Å². The smallest absolute Gasteiger partial charge is 0.257 e. The lowest BCUT2D eigenvalue weighted by molar-refractivity contribution is 0.102. The summed E-state index contributed by atoms with van der Waals surface area (Å²) in [6, 6.07) is 4.54. The van der Waals surface area contributed by atoms with Crippen molar-refractivity contribution in [2.75, 3.05) is 12.4 Å². The Morgan fingerprint density at radius 1 is 1.32 bits per heavy atom. The highest BCUT2D eigenvalue weighted by molar-refractivity contribution is 6.37. The highest BCUT2D eigenvalue weighted by atomic mass is 35.5. The van der Waals surface area contributed by atoms with Crippen LogP contribution in [-0.4, -0.2) is 18.2 Å². The monoisotopic (exact) mass is 300 g/mol.